The van der Waals surface area contributed by atoms with Gasteiger partial charge in [-0.25, -0.2) is 8.42 Å². The highest BCUT2D eigenvalue weighted by atomic mass is 32.2. The number of nitrogens with zero attached hydrogens (tertiary/aromatic N) is 2. The molecule has 238 valence electrons. The maximum absolute atomic E-state index is 14.4. The van der Waals surface area contributed by atoms with Crippen molar-refractivity contribution in [3.05, 3.63) is 78.4 Å². The summed E-state index contributed by atoms with van der Waals surface area (Å²) in [5, 5.41) is 2.99. The number of nitrogens with one attached hydrogen (secondary N) is 1. The van der Waals surface area contributed by atoms with Crippen molar-refractivity contribution in [2.45, 2.75) is 69.0 Å². The summed E-state index contributed by atoms with van der Waals surface area (Å²) >= 11 is 1.50. The number of ether oxygens (including phenoxy) is 2. The van der Waals surface area contributed by atoms with Crippen LogP contribution in [0.25, 0.3) is 0 Å². The molecule has 0 spiro atoms. The van der Waals surface area contributed by atoms with E-state index in [1.54, 1.807) is 62.6 Å². The van der Waals surface area contributed by atoms with Gasteiger partial charge in [-0.15, -0.1) is 11.8 Å². The second kappa shape index (κ2) is 16.4. The van der Waals surface area contributed by atoms with E-state index in [9.17, 15) is 18.0 Å². The minimum atomic E-state index is -4.23. The number of anilines is 1. The summed E-state index contributed by atoms with van der Waals surface area (Å²) in [7, 11) is -2.68. The van der Waals surface area contributed by atoms with E-state index in [0.29, 0.717) is 24.5 Å². The first-order valence-corrected chi connectivity index (χ1v) is 17.4. The maximum atomic E-state index is 14.4. The van der Waals surface area contributed by atoms with Gasteiger partial charge in [0.2, 0.25) is 11.8 Å². The van der Waals surface area contributed by atoms with Crippen LogP contribution in [-0.2, 0) is 26.2 Å². The van der Waals surface area contributed by atoms with Gasteiger partial charge in [0.25, 0.3) is 10.0 Å². The van der Waals surface area contributed by atoms with Crippen LogP contribution >= 0.6 is 11.8 Å². The molecule has 0 radical (unpaired) electrons. The lowest BCUT2D eigenvalue weighted by Crippen LogP contribution is -2.53. The van der Waals surface area contributed by atoms with Crippen molar-refractivity contribution in [3.63, 3.8) is 0 Å². The SMILES string of the molecule is CCOc1ccccc1N(CC(=O)N(Cc1cccc(OC)c1)[C@H](CC)C(=O)N[C@H](C)CC)S(=O)(=O)c1ccc(SC)cc1. The number of sulfonamides is 1. The summed E-state index contributed by atoms with van der Waals surface area (Å²) in [6.45, 7) is 7.34. The molecule has 1 N–H and O–H groups in total. The average molecular weight is 642 g/mol. The van der Waals surface area contributed by atoms with Crippen molar-refractivity contribution in [1.29, 1.82) is 0 Å². The Bertz CT molecular complexity index is 1500. The molecule has 0 unspecified atom stereocenters. The molecule has 0 fully saturated rings. The molecular weight excluding hydrogens is 599 g/mol. The highest BCUT2D eigenvalue weighted by Crippen LogP contribution is 2.33. The van der Waals surface area contributed by atoms with Crippen LogP contribution in [-0.4, -0.2) is 63.7 Å². The topological polar surface area (TPSA) is 105 Å². The summed E-state index contributed by atoms with van der Waals surface area (Å²) < 4.78 is 40.7. The molecule has 0 aliphatic rings. The Morgan fingerprint density at radius 3 is 2.27 bits per heavy atom. The highest BCUT2D eigenvalue weighted by Gasteiger charge is 2.35. The fraction of sp³-hybridized carbons (Fsp3) is 0.394. The Labute approximate surface area is 266 Å². The van der Waals surface area contributed by atoms with E-state index in [1.807, 2.05) is 39.2 Å². The minimum absolute atomic E-state index is 0.0373. The molecule has 0 aliphatic carbocycles. The van der Waals surface area contributed by atoms with Crippen molar-refractivity contribution in [2.75, 3.05) is 30.8 Å². The predicted octanol–water partition coefficient (Wildman–Crippen LogP) is 5.73. The number of rotatable bonds is 16. The van der Waals surface area contributed by atoms with Crippen LogP contribution in [0.5, 0.6) is 11.5 Å². The standard InChI is InChI=1S/C33H43N3O6S2/c1-7-24(4)34-33(38)29(8-2)35(22-25-13-12-14-26(21-25)41-5)32(37)23-36(30-15-10-11-16-31(30)42-9-3)44(39,40)28-19-17-27(43-6)18-20-28/h10-21,24,29H,7-9,22-23H2,1-6H3,(H,34,38)/t24-,29-/m1/s1. The van der Waals surface area contributed by atoms with Gasteiger partial charge in [0, 0.05) is 17.5 Å². The Balaban J connectivity index is 2.12. The molecule has 0 saturated carbocycles. The summed E-state index contributed by atoms with van der Waals surface area (Å²) in [6.07, 6.45) is 2.96. The quantitative estimate of drug-likeness (QED) is 0.199. The van der Waals surface area contributed by atoms with E-state index >= 15 is 0 Å². The maximum Gasteiger partial charge on any atom is 0.264 e. The van der Waals surface area contributed by atoms with Crippen LogP contribution in [0.4, 0.5) is 5.69 Å². The Morgan fingerprint density at radius 1 is 0.955 bits per heavy atom. The van der Waals surface area contributed by atoms with E-state index in [-0.39, 0.29) is 29.1 Å². The third kappa shape index (κ3) is 8.69. The zero-order valence-corrected chi connectivity index (χ0v) is 27.9. The summed E-state index contributed by atoms with van der Waals surface area (Å²) in [5.74, 6) is 0.105. The number of methoxy groups -OCH3 is 1. The van der Waals surface area contributed by atoms with Gasteiger partial charge in [-0.3, -0.25) is 13.9 Å². The van der Waals surface area contributed by atoms with Crippen molar-refractivity contribution in [1.82, 2.24) is 10.2 Å². The Kier molecular flexibility index (Phi) is 13.0. The Hall–Kier alpha value is -3.70. The fourth-order valence-electron chi connectivity index (χ4n) is 4.66. The lowest BCUT2D eigenvalue weighted by atomic mass is 10.1. The third-order valence-electron chi connectivity index (χ3n) is 7.23. The van der Waals surface area contributed by atoms with Crippen molar-refractivity contribution in [2.24, 2.45) is 0 Å². The first-order valence-electron chi connectivity index (χ1n) is 14.7. The van der Waals surface area contributed by atoms with Gasteiger partial charge < -0.3 is 19.7 Å². The monoisotopic (exact) mass is 641 g/mol. The first-order chi connectivity index (χ1) is 21.1. The van der Waals surface area contributed by atoms with E-state index < -0.39 is 28.5 Å². The average Bonchev–Trinajstić information content (AvgIpc) is 3.03. The summed E-state index contributed by atoms with van der Waals surface area (Å²) in [6, 6.07) is 19.6. The molecule has 3 aromatic carbocycles. The molecule has 2 amide bonds. The highest BCUT2D eigenvalue weighted by molar-refractivity contribution is 7.98. The van der Waals surface area contributed by atoms with Crippen molar-refractivity contribution < 1.29 is 27.5 Å². The molecule has 0 bridgehead atoms. The van der Waals surface area contributed by atoms with Gasteiger partial charge in [-0.2, -0.15) is 0 Å². The lowest BCUT2D eigenvalue weighted by Gasteiger charge is -2.34. The molecule has 9 nitrogen and oxygen atoms in total. The second-order valence-corrected chi connectivity index (χ2v) is 12.9. The molecule has 0 aliphatic heterocycles. The van der Waals surface area contributed by atoms with Crippen molar-refractivity contribution in [3.8, 4) is 11.5 Å². The number of hydrogen-bond acceptors (Lipinski definition) is 7. The third-order valence-corrected chi connectivity index (χ3v) is 9.75. The molecule has 2 atom stereocenters. The number of hydrogen-bond donors (Lipinski definition) is 1. The fourth-order valence-corrected chi connectivity index (χ4v) is 6.49. The van der Waals surface area contributed by atoms with Crippen LogP contribution in [0.15, 0.2) is 82.6 Å². The molecule has 0 aromatic heterocycles. The molecule has 3 aromatic rings. The normalized spacial score (nSPS) is 12.6. The molecule has 44 heavy (non-hydrogen) atoms. The first kappa shape index (κ1) is 34.8. The minimum Gasteiger partial charge on any atom is -0.497 e. The number of amides is 2. The van der Waals surface area contributed by atoms with E-state index in [1.165, 1.54) is 28.8 Å². The zero-order valence-electron chi connectivity index (χ0n) is 26.3. The summed E-state index contributed by atoms with van der Waals surface area (Å²) in [5.41, 5.74) is 0.972. The molecule has 11 heteroatoms. The zero-order chi connectivity index (χ0) is 32.3. The molecule has 3 rings (SSSR count). The second-order valence-electron chi connectivity index (χ2n) is 10.2. The van der Waals surface area contributed by atoms with Gasteiger partial charge >= 0.3 is 0 Å². The van der Waals surface area contributed by atoms with Gasteiger partial charge in [0.05, 0.1) is 24.3 Å². The van der Waals surface area contributed by atoms with Gasteiger partial charge in [-0.05, 0) is 87.0 Å². The van der Waals surface area contributed by atoms with E-state index in [2.05, 4.69) is 5.32 Å². The van der Waals surface area contributed by atoms with Crippen LogP contribution < -0.4 is 19.1 Å². The molecule has 0 saturated heterocycles. The smallest absolute Gasteiger partial charge is 0.264 e. The van der Waals surface area contributed by atoms with E-state index in [4.69, 9.17) is 9.47 Å². The van der Waals surface area contributed by atoms with Gasteiger partial charge in [0.15, 0.2) is 0 Å². The van der Waals surface area contributed by atoms with Crippen LogP contribution in [0.2, 0.25) is 0 Å². The van der Waals surface area contributed by atoms with Gasteiger partial charge in [0.1, 0.15) is 24.1 Å². The number of para-hydroxylation sites is 2. The van der Waals surface area contributed by atoms with E-state index in [0.717, 1.165) is 21.2 Å². The van der Waals surface area contributed by atoms with Crippen molar-refractivity contribution >= 4 is 39.3 Å². The number of thioether (sulfide) groups is 1. The Morgan fingerprint density at radius 2 is 1.66 bits per heavy atom. The van der Waals surface area contributed by atoms with Gasteiger partial charge in [-0.1, -0.05) is 38.1 Å². The van der Waals surface area contributed by atoms with Crippen LogP contribution in [0.3, 0.4) is 0 Å². The van der Waals surface area contributed by atoms with Crippen LogP contribution in [0, 0.1) is 0 Å². The predicted molar refractivity (Wildman–Crippen MR) is 176 cm³/mol. The largest absolute Gasteiger partial charge is 0.497 e. The number of benzene rings is 3. The summed E-state index contributed by atoms with van der Waals surface area (Å²) in [4.78, 5) is 30.2. The lowest BCUT2D eigenvalue weighted by molar-refractivity contribution is -0.140. The molecule has 0 heterocycles. The number of carbonyl (C=O) groups excluding carboxylic acids is 2. The molecular formula is C33H43N3O6S2. The number of carbonyl (C=O) groups is 2. The van der Waals surface area contributed by atoms with Crippen LogP contribution in [0.1, 0.15) is 46.1 Å².